The Kier molecular flexibility index (Phi) is 11.4. The van der Waals surface area contributed by atoms with Crippen molar-refractivity contribution in [1.29, 1.82) is 0 Å². The number of pyridine rings is 4. The van der Waals surface area contributed by atoms with Crippen LogP contribution in [0.15, 0.2) is 119 Å². The van der Waals surface area contributed by atoms with Crippen LogP contribution in [0, 0.1) is 0 Å². The Morgan fingerprint density at radius 2 is 1.00 bits per heavy atom. The summed E-state index contributed by atoms with van der Waals surface area (Å²) in [6.45, 7) is 5.18. The van der Waals surface area contributed by atoms with Crippen LogP contribution < -0.4 is 0 Å². The number of nitrogens with zero attached hydrogens (tertiary/aromatic N) is 6. The van der Waals surface area contributed by atoms with E-state index in [2.05, 4.69) is 33.8 Å². The normalized spacial score (nSPS) is 11.7. The van der Waals surface area contributed by atoms with Gasteiger partial charge in [-0.1, -0.05) is 63.1 Å². The van der Waals surface area contributed by atoms with E-state index in [4.69, 9.17) is 9.97 Å². The number of aliphatic imine (C=N–C) groups is 2. The third-order valence-corrected chi connectivity index (χ3v) is 9.53. The van der Waals surface area contributed by atoms with E-state index < -0.39 is 0 Å². The summed E-state index contributed by atoms with van der Waals surface area (Å²) in [4.78, 5) is 28.3. The minimum absolute atomic E-state index is 0.131. The summed E-state index contributed by atoms with van der Waals surface area (Å²) in [5, 5.41) is 25.1. The van der Waals surface area contributed by atoms with E-state index in [9.17, 15) is 10.2 Å². The highest BCUT2D eigenvalue weighted by Gasteiger charge is 2.17. The summed E-state index contributed by atoms with van der Waals surface area (Å²) in [5.41, 5.74) is 9.25. The zero-order valence-corrected chi connectivity index (χ0v) is 30.8. The smallest absolute Gasteiger partial charge is 0.133 e. The summed E-state index contributed by atoms with van der Waals surface area (Å²) >= 11 is 0. The van der Waals surface area contributed by atoms with Crippen molar-refractivity contribution < 1.29 is 10.2 Å². The molecule has 54 heavy (non-hydrogen) atoms. The Morgan fingerprint density at radius 1 is 0.556 bits per heavy atom. The minimum atomic E-state index is 0.131. The maximum absolute atomic E-state index is 11.6. The molecule has 8 heteroatoms. The lowest BCUT2D eigenvalue weighted by Crippen LogP contribution is -1.97. The molecule has 0 aliphatic rings. The van der Waals surface area contributed by atoms with Gasteiger partial charge in [0, 0.05) is 57.8 Å². The first-order chi connectivity index (χ1) is 26.5. The van der Waals surface area contributed by atoms with Crippen molar-refractivity contribution in [2.75, 3.05) is 0 Å². The van der Waals surface area contributed by atoms with Crippen LogP contribution in [0.4, 0.5) is 0 Å². The molecule has 4 heterocycles. The fraction of sp³-hybridized carbons (Fsp3) is 0.217. The Bertz CT molecular complexity index is 2270. The third-order valence-electron chi connectivity index (χ3n) is 9.53. The lowest BCUT2D eigenvalue weighted by Gasteiger charge is -2.13. The quantitative estimate of drug-likeness (QED) is 0.0856. The number of phenols is 2. The van der Waals surface area contributed by atoms with Gasteiger partial charge in [0.2, 0.25) is 0 Å². The van der Waals surface area contributed by atoms with Gasteiger partial charge in [0.15, 0.2) is 0 Å². The molecular formula is C46H44N6O2. The molecule has 7 rings (SSSR count). The van der Waals surface area contributed by atoms with Crippen LogP contribution in [0.2, 0.25) is 0 Å². The van der Waals surface area contributed by atoms with Gasteiger partial charge in [0.05, 0.1) is 46.9 Å². The van der Waals surface area contributed by atoms with Gasteiger partial charge < -0.3 is 10.2 Å². The highest BCUT2D eigenvalue weighted by molar-refractivity contribution is 6.04. The molecule has 0 radical (unpaired) electrons. The van der Waals surface area contributed by atoms with Crippen molar-refractivity contribution in [1.82, 2.24) is 19.9 Å². The molecule has 0 saturated heterocycles. The molecule has 0 spiro atoms. The van der Waals surface area contributed by atoms with E-state index in [1.807, 2.05) is 97.1 Å². The number of aromatic nitrogens is 4. The predicted octanol–water partition coefficient (Wildman–Crippen LogP) is 10.2. The zero-order chi connectivity index (χ0) is 37.3. The maximum Gasteiger partial charge on any atom is 0.133 e. The van der Waals surface area contributed by atoms with Crippen molar-refractivity contribution in [2.45, 2.75) is 65.5 Å². The summed E-state index contributed by atoms with van der Waals surface area (Å²) in [5.74, 6) is 0.263. The lowest BCUT2D eigenvalue weighted by atomic mass is 9.97. The number of aryl methyl sites for hydroxylation is 2. The van der Waals surface area contributed by atoms with Crippen molar-refractivity contribution in [3.05, 3.63) is 143 Å². The molecule has 0 fully saturated rings. The molecule has 8 nitrogen and oxygen atoms in total. The van der Waals surface area contributed by atoms with Gasteiger partial charge in [0.1, 0.15) is 11.5 Å². The molecule has 0 aliphatic carbocycles. The number of hydrogen-bond acceptors (Lipinski definition) is 8. The number of hydrogen-bond donors (Lipinski definition) is 2. The van der Waals surface area contributed by atoms with Crippen LogP contribution in [-0.4, -0.2) is 42.6 Å². The average Bonchev–Trinajstić information content (AvgIpc) is 3.21. The zero-order valence-electron chi connectivity index (χ0n) is 30.8. The van der Waals surface area contributed by atoms with E-state index in [-0.39, 0.29) is 11.5 Å². The molecule has 2 N–H and O–H groups in total. The molecule has 0 bridgehead atoms. The SMILES string of the molecule is CCCCc1cc(C=NCc2ccccn2)c(O)c(-c2ccc3ccc4ccc(-c5cc(CCCC)cc(C=NCc6ccccn6)c5O)nc4c3n2)c1. The highest BCUT2D eigenvalue weighted by atomic mass is 16.3. The second-order valence-electron chi connectivity index (χ2n) is 13.6. The van der Waals surface area contributed by atoms with Gasteiger partial charge in [-0.25, -0.2) is 9.97 Å². The number of aromatic hydroxyl groups is 2. The Hall–Kier alpha value is -6.28. The molecular weight excluding hydrogens is 669 g/mol. The van der Waals surface area contributed by atoms with E-state index in [0.29, 0.717) is 57.8 Å². The Morgan fingerprint density at radius 3 is 1.41 bits per heavy atom. The second-order valence-corrected chi connectivity index (χ2v) is 13.6. The average molecular weight is 713 g/mol. The molecule has 7 aromatic rings. The van der Waals surface area contributed by atoms with Crippen LogP contribution in [0.25, 0.3) is 44.3 Å². The Labute approximate surface area is 316 Å². The predicted molar refractivity (Wildman–Crippen MR) is 220 cm³/mol. The van der Waals surface area contributed by atoms with E-state index in [1.165, 1.54) is 0 Å². The molecule has 270 valence electrons. The van der Waals surface area contributed by atoms with Crippen LogP contribution in [0.1, 0.15) is 73.2 Å². The lowest BCUT2D eigenvalue weighted by molar-refractivity contribution is 0.475. The van der Waals surface area contributed by atoms with Gasteiger partial charge in [0.25, 0.3) is 0 Å². The molecule has 0 atom stereocenters. The third kappa shape index (κ3) is 8.34. The largest absolute Gasteiger partial charge is 0.507 e. The minimum Gasteiger partial charge on any atom is -0.507 e. The van der Waals surface area contributed by atoms with Gasteiger partial charge in [-0.2, -0.15) is 0 Å². The van der Waals surface area contributed by atoms with Gasteiger partial charge in [-0.3, -0.25) is 20.0 Å². The van der Waals surface area contributed by atoms with Crippen LogP contribution >= 0.6 is 0 Å². The fourth-order valence-corrected chi connectivity index (χ4v) is 6.60. The molecule has 0 unspecified atom stereocenters. The van der Waals surface area contributed by atoms with Crippen LogP contribution in [0.3, 0.4) is 0 Å². The van der Waals surface area contributed by atoms with E-state index in [0.717, 1.165) is 71.8 Å². The van der Waals surface area contributed by atoms with Crippen molar-refractivity contribution in [3.8, 4) is 34.0 Å². The maximum atomic E-state index is 11.6. The number of benzene rings is 3. The first-order valence-corrected chi connectivity index (χ1v) is 18.7. The first kappa shape index (κ1) is 36.1. The highest BCUT2D eigenvalue weighted by Crippen LogP contribution is 2.37. The van der Waals surface area contributed by atoms with Crippen molar-refractivity contribution in [2.24, 2.45) is 9.98 Å². The fourth-order valence-electron chi connectivity index (χ4n) is 6.60. The van der Waals surface area contributed by atoms with Crippen LogP contribution in [-0.2, 0) is 25.9 Å². The standard InChI is InChI=1S/C46H44N6O2/c1-3-5-11-31-23-35(27-47-29-37-13-7-9-21-49-37)45(53)39(25-31)41-19-17-33-15-16-34-18-20-42(52-44(34)43(33)51-41)40-26-32(12-6-4-2)24-36(46(40)54)28-48-30-38-14-8-10-22-50-38/h7-10,13-28,53-54H,3-6,11-12,29-30H2,1-2H3. The monoisotopic (exact) mass is 712 g/mol. The van der Waals surface area contributed by atoms with Gasteiger partial charge >= 0.3 is 0 Å². The van der Waals surface area contributed by atoms with Crippen LogP contribution in [0.5, 0.6) is 11.5 Å². The van der Waals surface area contributed by atoms with Crippen molar-refractivity contribution >= 4 is 34.2 Å². The first-order valence-electron chi connectivity index (χ1n) is 18.7. The van der Waals surface area contributed by atoms with E-state index >= 15 is 0 Å². The molecule has 0 aliphatic heterocycles. The Balaban J connectivity index is 1.29. The van der Waals surface area contributed by atoms with E-state index in [1.54, 1.807) is 24.8 Å². The summed E-state index contributed by atoms with van der Waals surface area (Å²) < 4.78 is 0. The summed E-state index contributed by atoms with van der Waals surface area (Å²) in [6.07, 6.45) is 12.9. The molecule has 4 aromatic heterocycles. The molecule has 0 amide bonds. The number of fused-ring (bicyclic) bond motifs is 3. The number of unbranched alkanes of at least 4 members (excludes halogenated alkanes) is 2. The molecule has 3 aromatic carbocycles. The molecule has 0 saturated carbocycles. The second kappa shape index (κ2) is 17.0. The van der Waals surface area contributed by atoms with Gasteiger partial charge in [-0.05, 0) is 97.5 Å². The number of phenolic OH excluding ortho intramolecular Hbond substituents is 2. The topological polar surface area (TPSA) is 117 Å². The van der Waals surface area contributed by atoms with Gasteiger partial charge in [-0.15, -0.1) is 0 Å². The summed E-state index contributed by atoms with van der Waals surface area (Å²) in [6, 6.07) is 31.7. The summed E-state index contributed by atoms with van der Waals surface area (Å²) in [7, 11) is 0. The number of rotatable bonds is 14. The van der Waals surface area contributed by atoms with Crippen molar-refractivity contribution in [3.63, 3.8) is 0 Å².